The summed E-state index contributed by atoms with van der Waals surface area (Å²) in [5.41, 5.74) is 14.2. The molecule has 0 unspecified atom stereocenters. The van der Waals surface area contributed by atoms with Gasteiger partial charge in [-0.15, -0.1) is 0 Å². The third-order valence-electron chi connectivity index (χ3n) is 9.62. The van der Waals surface area contributed by atoms with E-state index in [2.05, 4.69) is 138 Å². The second kappa shape index (κ2) is 13.0. The molecular formula is C48H33N3O. The summed E-state index contributed by atoms with van der Waals surface area (Å²) in [6.45, 7) is 7.95. The van der Waals surface area contributed by atoms with Gasteiger partial charge in [0.25, 0.3) is 0 Å². The Labute approximate surface area is 302 Å². The average Bonchev–Trinajstić information content (AvgIpc) is 3.80. The first kappa shape index (κ1) is 31.0. The van der Waals surface area contributed by atoms with Crippen molar-refractivity contribution in [2.24, 2.45) is 0 Å². The molecule has 6 aromatic carbocycles. The number of rotatable bonds is 8. The lowest BCUT2D eigenvalue weighted by Crippen LogP contribution is -1.92. The molecule has 3 aromatic heterocycles. The highest BCUT2D eigenvalue weighted by atomic mass is 16.3. The van der Waals surface area contributed by atoms with Gasteiger partial charge < -0.3 is 8.98 Å². The third kappa shape index (κ3) is 5.53. The number of fused-ring (bicyclic) bond motifs is 4. The Bertz CT molecular complexity index is 2800. The fourth-order valence-corrected chi connectivity index (χ4v) is 7.05. The first-order valence-corrected chi connectivity index (χ1v) is 17.3. The summed E-state index contributed by atoms with van der Waals surface area (Å²) < 4.78 is 8.94. The monoisotopic (exact) mass is 667 g/mol. The largest absolute Gasteiger partial charge is 0.436 e. The van der Waals surface area contributed by atoms with Gasteiger partial charge in [-0.1, -0.05) is 110 Å². The molecule has 0 atom stereocenters. The number of hydrogen-bond acceptors (Lipinski definition) is 3. The number of pyridine rings is 1. The smallest absolute Gasteiger partial charge is 0.227 e. The topological polar surface area (TPSA) is 43.9 Å². The maximum absolute atomic E-state index is 6.60. The number of oxazole rings is 1. The van der Waals surface area contributed by atoms with Crippen LogP contribution >= 0.6 is 0 Å². The number of nitrogens with zero attached hydrogens (tertiary/aromatic N) is 3. The first-order valence-electron chi connectivity index (χ1n) is 17.3. The molecule has 0 saturated heterocycles. The number of aromatic nitrogens is 3. The van der Waals surface area contributed by atoms with Crippen LogP contribution in [0.1, 0.15) is 5.56 Å². The van der Waals surface area contributed by atoms with Gasteiger partial charge in [-0.3, -0.25) is 4.98 Å². The fourth-order valence-electron chi connectivity index (χ4n) is 7.05. The van der Waals surface area contributed by atoms with Crippen LogP contribution in [-0.4, -0.2) is 14.5 Å². The number of hydrogen-bond donors (Lipinski definition) is 0. The molecule has 0 bridgehead atoms. The van der Waals surface area contributed by atoms with Crippen molar-refractivity contribution < 1.29 is 4.42 Å². The van der Waals surface area contributed by atoms with Crippen LogP contribution in [0.2, 0.25) is 0 Å². The molecule has 0 aliphatic carbocycles. The average molecular weight is 668 g/mol. The molecule has 0 spiro atoms. The molecule has 0 saturated carbocycles. The molecule has 0 amide bonds. The minimum atomic E-state index is 0.567. The number of benzene rings is 6. The predicted octanol–water partition coefficient (Wildman–Crippen LogP) is 12.7. The summed E-state index contributed by atoms with van der Waals surface area (Å²) in [4.78, 5) is 9.48. The molecule has 3 heterocycles. The van der Waals surface area contributed by atoms with Crippen LogP contribution in [0.3, 0.4) is 0 Å². The zero-order valence-electron chi connectivity index (χ0n) is 28.4. The molecule has 9 aromatic rings. The van der Waals surface area contributed by atoms with Crippen LogP contribution in [0.5, 0.6) is 0 Å². The fraction of sp³-hybridized carbons (Fsp3) is 0. The number of para-hydroxylation sites is 2. The SMILES string of the molecule is C=C/C=C\C(=C)c1ccc(-c2nc3c(-c4cccc(-c5cccnc5)c4)cc(-c4ccc5c(c4)c4ccccc4n5-c4ccccc4)cc3o2)cc1. The van der Waals surface area contributed by atoms with Crippen molar-refractivity contribution in [3.05, 3.63) is 195 Å². The Kier molecular flexibility index (Phi) is 7.75. The van der Waals surface area contributed by atoms with E-state index < -0.39 is 0 Å². The summed E-state index contributed by atoms with van der Waals surface area (Å²) in [7, 11) is 0. The van der Waals surface area contributed by atoms with Crippen molar-refractivity contribution in [2.45, 2.75) is 0 Å². The van der Waals surface area contributed by atoms with E-state index in [1.54, 1.807) is 12.3 Å². The van der Waals surface area contributed by atoms with Crippen LogP contribution in [0.15, 0.2) is 194 Å². The van der Waals surface area contributed by atoms with Gasteiger partial charge in [0.15, 0.2) is 5.58 Å². The first-order chi connectivity index (χ1) is 25.6. The normalized spacial score (nSPS) is 11.5. The highest BCUT2D eigenvalue weighted by molar-refractivity contribution is 6.11. The van der Waals surface area contributed by atoms with Crippen LogP contribution in [-0.2, 0) is 0 Å². The van der Waals surface area contributed by atoms with Crippen LogP contribution in [0, 0.1) is 0 Å². The zero-order valence-corrected chi connectivity index (χ0v) is 28.4. The van der Waals surface area contributed by atoms with E-state index in [1.165, 1.54) is 16.3 Å². The van der Waals surface area contributed by atoms with Crippen LogP contribution in [0.4, 0.5) is 0 Å². The van der Waals surface area contributed by atoms with Crippen molar-refractivity contribution in [1.29, 1.82) is 0 Å². The highest BCUT2D eigenvalue weighted by Crippen LogP contribution is 2.40. The molecule has 0 fully saturated rings. The summed E-state index contributed by atoms with van der Waals surface area (Å²) in [6.07, 6.45) is 9.28. The van der Waals surface area contributed by atoms with Gasteiger partial charge in [0, 0.05) is 45.5 Å². The van der Waals surface area contributed by atoms with Crippen LogP contribution in [0.25, 0.3) is 89.0 Å². The van der Waals surface area contributed by atoms with Gasteiger partial charge in [-0.2, -0.15) is 0 Å². The van der Waals surface area contributed by atoms with Crippen molar-refractivity contribution in [1.82, 2.24) is 14.5 Å². The Morgan fingerprint density at radius 1 is 0.615 bits per heavy atom. The van der Waals surface area contributed by atoms with Gasteiger partial charge in [-0.05, 0) is 100 Å². The molecule has 9 rings (SSSR count). The Morgan fingerprint density at radius 2 is 1.37 bits per heavy atom. The Morgan fingerprint density at radius 3 is 2.19 bits per heavy atom. The summed E-state index contributed by atoms with van der Waals surface area (Å²) in [5.74, 6) is 0.567. The summed E-state index contributed by atoms with van der Waals surface area (Å²) in [5, 5.41) is 2.40. The summed E-state index contributed by atoms with van der Waals surface area (Å²) in [6, 6.07) is 51.0. The second-order valence-electron chi connectivity index (χ2n) is 12.8. The molecule has 246 valence electrons. The highest BCUT2D eigenvalue weighted by Gasteiger charge is 2.18. The van der Waals surface area contributed by atoms with E-state index in [4.69, 9.17) is 9.40 Å². The van der Waals surface area contributed by atoms with Gasteiger partial charge in [0.05, 0.1) is 11.0 Å². The molecule has 52 heavy (non-hydrogen) atoms. The maximum Gasteiger partial charge on any atom is 0.227 e. The van der Waals surface area contributed by atoms with Crippen molar-refractivity contribution >= 4 is 38.5 Å². The Balaban J connectivity index is 1.22. The van der Waals surface area contributed by atoms with Crippen molar-refractivity contribution in [3.63, 3.8) is 0 Å². The number of allylic oxidation sites excluding steroid dienone is 4. The van der Waals surface area contributed by atoms with Gasteiger partial charge in [0.2, 0.25) is 5.89 Å². The van der Waals surface area contributed by atoms with E-state index in [0.29, 0.717) is 5.89 Å². The molecule has 0 aliphatic heterocycles. The van der Waals surface area contributed by atoms with Gasteiger partial charge in [-0.25, -0.2) is 4.98 Å². The molecule has 0 N–H and O–H groups in total. The minimum absolute atomic E-state index is 0.567. The quantitative estimate of drug-likeness (QED) is 0.152. The molecule has 4 nitrogen and oxygen atoms in total. The predicted molar refractivity (Wildman–Crippen MR) is 216 cm³/mol. The van der Waals surface area contributed by atoms with E-state index in [9.17, 15) is 0 Å². The van der Waals surface area contributed by atoms with E-state index in [0.717, 1.165) is 72.4 Å². The maximum atomic E-state index is 6.60. The lowest BCUT2D eigenvalue weighted by atomic mass is 9.95. The van der Waals surface area contributed by atoms with E-state index in [-0.39, 0.29) is 0 Å². The standard InChI is InChI=1S/C48H33N3O/c1-3-4-12-32(2)33-20-22-34(23-21-33)48-50-47-42(37-14-10-13-35(27-37)38-15-11-26-49-31-38)29-39(30-46(47)52-48)36-24-25-45-43(28-36)41-18-8-9-19-44(41)51(45)40-16-6-5-7-17-40/h3-31H,1-2H2/b12-4-. The van der Waals surface area contributed by atoms with Gasteiger partial charge >= 0.3 is 0 Å². The third-order valence-corrected chi connectivity index (χ3v) is 9.62. The molecule has 0 radical (unpaired) electrons. The van der Waals surface area contributed by atoms with Gasteiger partial charge in [0.1, 0.15) is 5.52 Å². The Hall–Kier alpha value is -7.04. The van der Waals surface area contributed by atoms with Crippen LogP contribution < -0.4 is 0 Å². The zero-order chi connectivity index (χ0) is 35.0. The minimum Gasteiger partial charge on any atom is -0.436 e. The lowest BCUT2D eigenvalue weighted by molar-refractivity contribution is 0.620. The molecule has 4 heteroatoms. The van der Waals surface area contributed by atoms with Crippen molar-refractivity contribution in [2.75, 3.05) is 0 Å². The lowest BCUT2D eigenvalue weighted by Gasteiger charge is -2.10. The van der Waals surface area contributed by atoms with E-state index >= 15 is 0 Å². The molecular weight excluding hydrogens is 635 g/mol. The molecule has 0 aliphatic rings. The second-order valence-corrected chi connectivity index (χ2v) is 12.8. The van der Waals surface area contributed by atoms with E-state index in [1.807, 2.05) is 48.7 Å². The summed E-state index contributed by atoms with van der Waals surface area (Å²) >= 11 is 0. The van der Waals surface area contributed by atoms with Crippen molar-refractivity contribution in [3.8, 4) is 50.5 Å².